The minimum atomic E-state index is -4.54. The second-order valence-corrected chi connectivity index (χ2v) is 5.76. The van der Waals surface area contributed by atoms with Crippen molar-refractivity contribution in [2.75, 3.05) is 0 Å². The number of hydrogen-bond acceptors (Lipinski definition) is 3. The van der Waals surface area contributed by atoms with Gasteiger partial charge in [-0.2, -0.15) is 13.2 Å². The van der Waals surface area contributed by atoms with Crippen LogP contribution in [0.1, 0.15) is 38.9 Å². The van der Waals surface area contributed by atoms with E-state index in [2.05, 4.69) is 4.98 Å². The molecule has 8 heteroatoms. The van der Waals surface area contributed by atoms with Crippen LogP contribution < -0.4 is 0 Å². The Bertz CT molecular complexity index is 959. The van der Waals surface area contributed by atoms with E-state index in [0.29, 0.717) is 6.20 Å². The molecule has 0 saturated heterocycles. The summed E-state index contributed by atoms with van der Waals surface area (Å²) >= 11 is 0. The van der Waals surface area contributed by atoms with Crippen LogP contribution in [0, 0.1) is 11.6 Å². The molecule has 3 nitrogen and oxygen atoms in total. The zero-order valence-corrected chi connectivity index (χ0v) is 13.2. The van der Waals surface area contributed by atoms with Crippen molar-refractivity contribution in [3.63, 3.8) is 0 Å². The monoisotopic (exact) mass is 367 g/mol. The molecular formula is C18H10F5NO2. The Morgan fingerprint density at radius 3 is 2.27 bits per heavy atom. The summed E-state index contributed by atoms with van der Waals surface area (Å²) in [6, 6.07) is 3.67. The van der Waals surface area contributed by atoms with Gasteiger partial charge in [-0.05, 0) is 31.2 Å². The molecule has 134 valence electrons. The van der Waals surface area contributed by atoms with E-state index in [-0.39, 0.29) is 28.8 Å². The molecule has 0 spiro atoms. The molecule has 1 aromatic carbocycles. The van der Waals surface area contributed by atoms with Crippen molar-refractivity contribution in [3.05, 3.63) is 75.6 Å². The Kier molecular flexibility index (Phi) is 4.21. The van der Waals surface area contributed by atoms with Crippen molar-refractivity contribution in [2.45, 2.75) is 19.5 Å². The second-order valence-electron chi connectivity index (χ2n) is 5.76. The highest BCUT2D eigenvalue weighted by Gasteiger charge is 2.34. The highest BCUT2D eigenvalue weighted by molar-refractivity contribution is 6.26. The summed E-state index contributed by atoms with van der Waals surface area (Å²) in [5.74, 6) is -4.16. The third-order valence-electron chi connectivity index (χ3n) is 4.14. The summed E-state index contributed by atoms with van der Waals surface area (Å²) in [5, 5.41) is 0. The van der Waals surface area contributed by atoms with Crippen molar-refractivity contribution in [2.24, 2.45) is 0 Å². The number of fused-ring (bicyclic) bond motifs is 1. The summed E-state index contributed by atoms with van der Waals surface area (Å²) in [4.78, 5) is 28.6. The molecule has 0 bridgehead atoms. The number of hydrogen-bond donors (Lipinski definition) is 0. The number of carbonyl (C=O) groups excluding carboxylic acids is 2. The van der Waals surface area contributed by atoms with Gasteiger partial charge in [-0.15, -0.1) is 0 Å². The summed E-state index contributed by atoms with van der Waals surface area (Å²) in [6.45, 7) is 1.28. The average molecular weight is 367 g/mol. The number of Topliss-reactive ketones (excluding diaryl/α,β-unsaturated/α-hetero) is 2. The van der Waals surface area contributed by atoms with Crippen LogP contribution >= 0.6 is 0 Å². The Morgan fingerprint density at radius 1 is 1.00 bits per heavy atom. The number of pyridine rings is 1. The third kappa shape index (κ3) is 2.91. The van der Waals surface area contributed by atoms with Crippen LogP contribution in [0.3, 0.4) is 0 Å². The zero-order chi connectivity index (χ0) is 19.2. The fourth-order valence-corrected chi connectivity index (χ4v) is 2.71. The molecule has 1 aliphatic carbocycles. The number of alkyl halides is 3. The van der Waals surface area contributed by atoms with Crippen LogP contribution in [0.5, 0.6) is 0 Å². The Morgan fingerprint density at radius 2 is 1.69 bits per heavy atom. The van der Waals surface area contributed by atoms with Gasteiger partial charge < -0.3 is 0 Å². The molecule has 3 rings (SSSR count). The number of benzene rings is 1. The van der Waals surface area contributed by atoms with Crippen molar-refractivity contribution >= 4 is 11.6 Å². The molecule has 2 aromatic rings. The van der Waals surface area contributed by atoms with Crippen molar-refractivity contribution in [3.8, 4) is 0 Å². The minimum Gasteiger partial charge on any atom is -0.289 e. The van der Waals surface area contributed by atoms with Gasteiger partial charge in [0.25, 0.3) is 0 Å². The summed E-state index contributed by atoms with van der Waals surface area (Å²) in [6.07, 6.45) is -4.12. The number of ketones is 2. The Balaban J connectivity index is 1.99. The van der Waals surface area contributed by atoms with Crippen LogP contribution in [0.4, 0.5) is 22.0 Å². The number of aromatic nitrogens is 1. The maximum Gasteiger partial charge on any atom is 0.417 e. The third-order valence-corrected chi connectivity index (χ3v) is 4.14. The number of halogens is 5. The first kappa shape index (κ1) is 17.9. The van der Waals surface area contributed by atoms with Crippen molar-refractivity contribution in [1.29, 1.82) is 0 Å². The Hall–Kier alpha value is -2.90. The fourth-order valence-electron chi connectivity index (χ4n) is 2.71. The highest BCUT2D eigenvalue weighted by Crippen LogP contribution is 2.32. The van der Waals surface area contributed by atoms with Gasteiger partial charge in [-0.3, -0.25) is 14.6 Å². The summed E-state index contributed by atoms with van der Waals surface area (Å²) < 4.78 is 65.0. The summed E-state index contributed by atoms with van der Waals surface area (Å²) in [5.41, 5.74) is -1.81. The predicted molar refractivity (Wildman–Crippen MR) is 80.7 cm³/mol. The Labute approximate surface area is 144 Å². The normalized spacial score (nSPS) is 14.7. The van der Waals surface area contributed by atoms with Gasteiger partial charge in [-0.1, -0.05) is 0 Å². The van der Waals surface area contributed by atoms with E-state index in [0.717, 1.165) is 24.3 Å². The molecule has 1 heterocycles. The van der Waals surface area contributed by atoms with E-state index in [1.807, 2.05) is 0 Å². The van der Waals surface area contributed by atoms with E-state index in [1.165, 1.54) is 6.92 Å². The first-order chi connectivity index (χ1) is 12.1. The lowest BCUT2D eigenvalue weighted by atomic mass is 9.82. The first-order valence-electron chi connectivity index (χ1n) is 7.40. The molecular weight excluding hydrogens is 357 g/mol. The van der Waals surface area contributed by atoms with Gasteiger partial charge >= 0.3 is 6.18 Å². The highest BCUT2D eigenvalue weighted by atomic mass is 19.4. The summed E-state index contributed by atoms with van der Waals surface area (Å²) in [7, 11) is 0. The predicted octanol–water partition coefficient (Wildman–Crippen LogP) is 4.32. The molecule has 1 aromatic heterocycles. The van der Waals surface area contributed by atoms with Crippen molar-refractivity contribution < 1.29 is 31.5 Å². The van der Waals surface area contributed by atoms with Crippen molar-refractivity contribution in [1.82, 2.24) is 4.98 Å². The number of allylic oxidation sites excluding steroid dienone is 2. The molecule has 0 fully saturated rings. The van der Waals surface area contributed by atoms with Crippen LogP contribution in [0.2, 0.25) is 0 Å². The smallest absolute Gasteiger partial charge is 0.289 e. The van der Waals surface area contributed by atoms with Gasteiger partial charge in [0, 0.05) is 35.0 Å². The van der Waals surface area contributed by atoms with E-state index in [9.17, 15) is 31.5 Å². The fraction of sp³-hybridized carbons (Fsp3) is 0.167. The molecule has 0 aliphatic heterocycles. The molecule has 1 aliphatic rings. The van der Waals surface area contributed by atoms with Gasteiger partial charge in [-0.25, -0.2) is 8.78 Å². The zero-order valence-electron chi connectivity index (χ0n) is 13.2. The average Bonchev–Trinajstić information content (AvgIpc) is 2.58. The lowest BCUT2D eigenvalue weighted by Crippen LogP contribution is -2.24. The van der Waals surface area contributed by atoms with E-state index in [4.69, 9.17) is 0 Å². The number of rotatable bonds is 2. The molecule has 26 heavy (non-hydrogen) atoms. The largest absolute Gasteiger partial charge is 0.417 e. The first-order valence-corrected chi connectivity index (χ1v) is 7.40. The topological polar surface area (TPSA) is 47.0 Å². The van der Waals surface area contributed by atoms with Crippen LogP contribution in [-0.2, 0) is 12.6 Å². The maximum atomic E-state index is 13.9. The number of carbonyl (C=O) groups is 2. The van der Waals surface area contributed by atoms with E-state index in [1.54, 1.807) is 0 Å². The SMILES string of the molecule is CC1=C(Cc2ccc(C(F)(F)F)cn2)C(=O)c2ccc(F)c(F)c2C1=O. The molecule has 0 unspecified atom stereocenters. The van der Waals surface area contributed by atoms with Gasteiger partial charge in [0.1, 0.15) is 0 Å². The van der Waals surface area contributed by atoms with Gasteiger partial charge in [0.15, 0.2) is 23.2 Å². The van der Waals surface area contributed by atoms with Gasteiger partial charge in [0.2, 0.25) is 0 Å². The minimum absolute atomic E-state index is 0.0132. The van der Waals surface area contributed by atoms with Crippen LogP contribution in [-0.4, -0.2) is 16.6 Å². The lowest BCUT2D eigenvalue weighted by Gasteiger charge is -2.19. The van der Waals surface area contributed by atoms with Crippen LogP contribution in [0.25, 0.3) is 0 Å². The molecule has 0 saturated carbocycles. The molecule has 0 amide bonds. The standard InChI is InChI=1S/C18H10F5NO2/c1-8-12(6-10-3-2-9(7-24-10)18(21,22)23)17(26)11-4-5-13(19)15(20)14(11)16(8)25/h2-5,7H,6H2,1H3. The maximum absolute atomic E-state index is 13.9. The van der Waals surface area contributed by atoms with Crippen LogP contribution in [0.15, 0.2) is 41.6 Å². The molecule has 0 atom stereocenters. The van der Waals surface area contributed by atoms with E-state index >= 15 is 0 Å². The molecule has 0 radical (unpaired) electrons. The van der Waals surface area contributed by atoms with E-state index < -0.39 is 40.5 Å². The lowest BCUT2D eigenvalue weighted by molar-refractivity contribution is -0.137. The number of nitrogens with zero attached hydrogens (tertiary/aromatic N) is 1. The molecule has 0 N–H and O–H groups in total. The second kappa shape index (κ2) is 6.12. The van der Waals surface area contributed by atoms with Gasteiger partial charge in [0.05, 0.1) is 11.1 Å². The quantitative estimate of drug-likeness (QED) is 0.743.